The van der Waals surface area contributed by atoms with Crippen molar-refractivity contribution in [2.24, 2.45) is 0 Å². The summed E-state index contributed by atoms with van der Waals surface area (Å²) in [5.41, 5.74) is -0.295. The Balaban J connectivity index is 1.76. The molecule has 2 aliphatic rings. The summed E-state index contributed by atoms with van der Waals surface area (Å²) >= 11 is 5.59. The summed E-state index contributed by atoms with van der Waals surface area (Å²) in [5, 5.41) is 9.58. The summed E-state index contributed by atoms with van der Waals surface area (Å²) in [6.07, 6.45) is 3.17. The Morgan fingerprint density at radius 3 is 2.29 bits per heavy atom. The summed E-state index contributed by atoms with van der Waals surface area (Å²) in [5.74, 6) is -1.23. The van der Waals surface area contributed by atoms with Gasteiger partial charge in [-0.25, -0.2) is 14.8 Å². The average Bonchev–Trinajstić information content (AvgIpc) is 2.88. The molecule has 11 heteroatoms. The van der Waals surface area contributed by atoms with Crippen LogP contribution < -0.4 is 10.4 Å². The van der Waals surface area contributed by atoms with Crippen LogP contribution in [0.4, 0.5) is 5.95 Å². The van der Waals surface area contributed by atoms with Crippen LogP contribution in [-0.2, 0) is 18.9 Å². The van der Waals surface area contributed by atoms with Crippen molar-refractivity contribution in [1.82, 2.24) is 14.9 Å². The first-order valence-corrected chi connectivity index (χ1v) is 9.60. The van der Waals surface area contributed by atoms with Crippen molar-refractivity contribution in [3.05, 3.63) is 12.4 Å². The zero-order chi connectivity index (χ0) is 20.7. The van der Waals surface area contributed by atoms with Gasteiger partial charge in [-0.3, -0.25) is 4.79 Å². The minimum Gasteiger partial charge on any atom is -0.480 e. The highest BCUT2D eigenvalue weighted by Crippen LogP contribution is 2.36. The summed E-state index contributed by atoms with van der Waals surface area (Å²) < 4.78 is 12.0. The molecule has 1 aromatic heterocycles. The van der Waals surface area contributed by atoms with Crippen molar-refractivity contribution < 1.29 is 24.0 Å². The van der Waals surface area contributed by atoms with Gasteiger partial charge in [0.05, 0.1) is 17.7 Å². The molecule has 3 heterocycles. The molecule has 9 nitrogen and oxygen atoms in total. The van der Waals surface area contributed by atoms with E-state index in [1.807, 2.05) is 27.7 Å². The fourth-order valence-corrected chi connectivity index (χ4v) is 3.29. The molecule has 152 valence electrons. The van der Waals surface area contributed by atoms with Crippen molar-refractivity contribution in [3.8, 4) is 0 Å². The number of hydrogen-bond acceptors (Lipinski definition) is 7. The third-order valence-electron chi connectivity index (χ3n) is 5.57. The Bertz CT molecular complexity index is 744. The highest BCUT2D eigenvalue weighted by atomic mass is 35.5. The first-order chi connectivity index (χ1) is 13.1. The lowest BCUT2D eigenvalue weighted by atomic mass is 9.81. The molecule has 2 aliphatic heterocycles. The number of nitrogens with zero attached hydrogens (tertiary/aromatic N) is 4. The van der Waals surface area contributed by atoms with Crippen LogP contribution >= 0.6 is 11.6 Å². The molecule has 3 rings (SSSR count). The number of anilines is 1. The number of carboxylic acids is 1. The zero-order valence-electron chi connectivity index (χ0n) is 16.4. The summed E-state index contributed by atoms with van der Waals surface area (Å²) in [4.78, 5) is 35.2. The maximum Gasteiger partial charge on any atom is 0.498 e. The SMILES string of the molecule is CC1(C)OB(c2cnc(N3CCN(C(=O)CCl)C[C@@H]3C(=O)O)nc2)OC1(C)C. The van der Waals surface area contributed by atoms with Crippen molar-refractivity contribution in [2.45, 2.75) is 44.9 Å². The predicted octanol–water partition coefficient (Wildman–Crippen LogP) is 0.116. The van der Waals surface area contributed by atoms with Crippen molar-refractivity contribution >= 4 is 42.0 Å². The quantitative estimate of drug-likeness (QED) is 0.551. The van der Waals surface area contributed by atoms with Gasteiger partial charge in [0.25, 0.3) is 0 Å². The molecule has 0 aromatic carbocycles. The van der Waals surface area contributed by atoms with Crippen molar-refractivity contribution in [3.63, 3.8) is 0 Å². The van der Waals surface area contributed by atoms with Gasteiger partial charge in [-0.1, -0.05) is 0 Å². The second-order valence-electron chi connectivity index (χ2n) is 7.93. The van der Waals surface area contributed by atoms with E-state index in [0.29, 0.717) is 18.6 Å². The minimum atomic E-state index is -1.05. The molecule has 28 heavy (non-hydrogen) atoms. The second-order valence-corrected chi connectivity index (χ2v) is 8.19. The number of carbonyl (C=O) groups is 2. The molecule has 0 spiro atoms. The van der Waals surface area contributed by atoms with E-state index in [-0.39, 0.29) is 24.3 Å². The molecular formula is C17H24BClN4O5. The van der Waals surface area contributed by atoms with Crippen LogP contribution in [0.5, 0.6) is 0 Å². The maximum absolute atomic E-state index is 11.8. The summed E-state index contributed by atoms with van der Waals surface area (Å²) in [6, 6.07) is -0.941. The van der Waals surface area contributed by atoms with Gasteiger partial charge in [-0.05, 0) is 27.7 Å². The van der Waals surface area contributed by atoms with Crippen molar-refractivity contribution in [1.29, 1.82) is 0 Å². The highest BCUT2D eigenvalue weighted by Gasteiger charge is 2.52. The first kappa shape index (κ1) is 20.8. The number of carboxylic acid groups (broad SMARTS) is 1. The van der Waals surface area contributed by atoms with Gasteiger partial charge in [0.15, 0.2) is 0 Å². The lowest BCUT2D eigenvalue weighted by Gasteiger charge is -2.39. The highest BCUT2D eigenvalue weighted by molar-refractivity contribution is 6.61. The van der Waals surface area contributed by atoms with Gasteiger partial charge in [-0.2, -0.15) is 0 Å². The Labute approximate surface area is 169 Å². The first-order valence-electron chi connectivity index (χ1n) is 9.06. The van der Waals surface area contributed by atoms with E-state index in [9.17, 15) is 14.7 Å². The molecule has 1 atom stereocenters. The Kier molecular flexibility index (Phi) is 5.57. The molecule has 1 aromatic rings. The van der Waals surface area contributed by atoms with Gasteiger partial charge in [0.1, 0.15) is 11.9 Å². The van der Waals surface area contributed by atoms with Crippen LogP contribution in [0, 0.1) is 0 Å². The van der Waals surface area contributed by atoms with E-state index in [4.69, 9.17) is 20.9 Å². The predicted molar refractivity (Wildman–Crippen MR) is 104 cm³/mol. The molecule has 2 saturated heterocycles. The number of aliphatic carboxylic acids is 1. The van der Waals surface area contributed by atoms with E-state index < -0.39 is 30.3 Å². The Morgan fingerprint density at radius 1 is 1.21 bits per heavy atom. The topological polar surface area (TPSA) is 105 Å². The van der Waals surface area contributed by atoms with Crippen LogP contribution in [0.2, 0.25) is 0 Å². The average molecular weight is 411 g/mol. The standard InChI is InChI=1S/C17H24BClN4O5/c1-16(2)17(3,4)28-18(27-16)11-8-20-15(21-9-11)23-6-5-22(13(24)7-19)10-12(23)14(25)26/h8-9,12H,5-7,10H2,1-4H3,(H,25,26)/t12-/m1/s1. The van der Waals surface area contributed by atoms with Gasteiger partial charge in [0, 0.05) is 30.9 Å². The maximum atomic E-state index is 11.8. The molecular weight excluding hydrogens is 386 g/mol. The van der Waals surface area contributed by atoms with E-state index in [1.165, 1.54) is 4.90 Å². The Hall–Kier alpha value is -1.91. The zero-order valence-corrected chi connectivity index (χ0v) is 17.1. The monoisotopic (exact) mass is 410 g/mol. The Morgan fingerprint density at radius 2 is 1.79 bits per heavy atom. The fourth-order valence-electron chi connectivity index (χ4n) is 3.13. The largest absolute Gasteiger partial charge is 0.498 e. The van der Waals surface area contributed by atoms with Gasteiger partial charge < -0.3 is 24.2 Å². The molecule has 0 radical (unpaired) electrons. The molecule has 1 N–H and O–H groups in total. The summed E-state index contributed by atoms with van der Waals surface area (Å²) in [6.45, 7) is 8.53. The fraction of sp³-hybridized carbons (Fsp3) is 0.647. The van der Waals surface area contributed by atoms with E-state index in [2.05, 4.69) is 9.97 Å². The van der Waals surface area contributed by atoms with Gasteiger partial charge in [-0.15, -0.1) is 11.6 Å². The molecule has 0 unspecified atom stereocenters. The molecule has 1 amide bonds. The minimum absolute atomic E-state index is 0.0310. The lowest BCUT2D eigenvalue weighted by molar-refractivity contribution is -0.141. The number of amides is 1. The molecule has 0 saturated carbocycles. The number of halogens is 1. The molecule has 0 aliphatic carbocycles. The van der Waals surface area contributed by atoms with E-state index in [1.54, 1.807) is 17.3 Å². The van der Waals surface area contributed by atoms with Crippen LogP contribution in [-0.4, -0.2) is 81.7 Å². The van der Waals surface area contributed by atoms with E-state index in [0.717, 1.165) is 0 Å². The lowest BCUT2D eigenvalue weighted by Crippen LogP contribution is -2.58. The van der Waals surface area contributed by atoms with Crippen LogP contribution in [0.25, 0.3) is 0 Å². The van der Waals surface area contributed by atoms with E-state index >= 15 is 0 Å². The number of carbonyl (C=O) groups excluding carboxylic acids is 1. The second kappa shape index (κ2) is 7.49. The van der Waals surface area contributed by atoms with Crippen LogP contribution in [0.1, 0.15) is 27.7 Å². The normalized spacial score (nSPS) is 23.8. The third kappa shape index (κ3) is 3.81. The summed E-state index contributed by atoms with van der Waals surface area (Å²) in [7, 11) is -0.590. The number of piperazine rings is 1. The van der Waals surface area contributed by atoms with Gasteiger partial charge >= 0.3 is 13.1 Å². The smallest absolute Gasteiger partial charge is 0.480 e. The number of alkyl halides is 1. The number of hydrogen-bond donors (Lipinski definition) is 1. The number of rotatable bonds is 4. The number of aromatic nitrogens is 2. The van der Waals surface area contributed by atoms with Crippen molar-refractivity contribution in [2.75, 3.05) is 30.4 Å². The van der Waals surface area contributed by atoms with Crippen LogP contribution in [0.3, 0.4) is 0 Å². The van der Waals surface area contributed by atoms with Gasteiger partial charge in [0.2, 0.25) is 11.9 Å². The molecule has 2 fully saturated rings. The third-order valence-corrected chi connectivity index (χ3v) is 5.80. The molecule has 0 bridgehead atoms. The van der Waals surface area contributed by atoms with Crippen LogP contribution in [0.15, 0.2) is 12.4 Å².